The standard InChI is InChI=1S/C16H21N3O2.C4H10/c1-21-16-4-2-13(3-5-16)8-18-9-14-6-7-17-12-19(14)10-15(18)11-20;1-3-4-2/h2-6,12,15,20H,7-11H2,1H3;3-4H2,1-2H3/t15-;/m0./s1. The Morgan fingerprint density at radius 3 is 2.52 bits per heavy atom. The first-order valence-corrected chi connectivity index (χ1v) is 9.15. The molecule has 0 aliphatic carbocycles. The van der Waals surface area contributed by atoms with Crippen LogP contribution in [0.3, 0.4) is 0 Å². The van der Waals surface area contributed by atoms with Crippen LogP contribution in [0.5, 0.6) is 5.75 Å². The SMILES string of the molecule is CCCC.COc1ccc(CN2CC3=CCN=CN3C[C@H]2CO)cc1. The maximum Gasteiger partial charge on any atom is 0.118 e. The van der Waals surface area contributed by atoms with Crippen LogP contribution < -0.4 is 4.74 Å². The number of unbranched alkanes of at least 4 members (excludes halogenated alkanes) is 1. The van der Waals surface area contributed by atoms with Gasteiger partial charge in [-0.15, -0.1) is 0 Å². The first-order chi connectivity index (χ1) is 12.2. The van der Waals surface area contributed by atoms with Gasteiger partial charge in [0.1, 0.15) is 5.75 Å². The fourth-order valence-corrected chi connectivity index (χ4v) is 2.82. The van der Waals surface area contributed by atoms with E-state index in [2.05, 4.69) is 46.8 Å². The number of aliphatic hydroxyl groups excluding tert-OH is 1. The summed E-state index contributed by atoms with van der Waals surface area (Å²) >= 11 is 0. The number of methoxy groups -OCH3 is 1. The van der Waals surface area contributed by atoms with Crippen molar-refractivity contribution in [2.45, 2.75) is 39.3 Å². The molecule has 1 N–H and O–H groups in total. The topological polar surface area (TPSA) is 48.3 Å². The molecule has 2 heterocycles. The van der Waals surface area contributed by atoms with Gasteiger partial charge in [-0.2, -0.15) is 0 Å². The van der Waals surface area contributed by atoms with Gasteiger partial charge in [-0.25, -0.2) is 0 Å². The summed E-state index contributed by atoms with van der Waals surface area (Å²) in [5.41, 5.74) is 2.51. The molecule has 1 saturated heterocycles. The zero-order valence-electron chi connectivity index (χ0n) is 15.7. The number of aliphatic imine (C=N–C) groups is 1. The molecule has 0 bridgehead atoms. The molecular formula is C20H31N3O2. The van der Waals surface area contributed by atoms with Crippen molar-refractivity contribution in [1.29, 1.82) is 0 Å². The van der Waals surface area contributed by atoms with Crippen LogP contribution in [0.1, 0.15) is 32.3 Å². The summed E-state index contributed by atoms with van der Waals surface area (Å²) in [5.74, 6) is 0.869. The molecule has 1 atom stereocenters. The molecule has 0 saturated carbocycles. The Morgan fingerprint density at radius 2 is 1.92 bits per heavy atom. The summed E-state index contributed by atoms with van der Waals surface area (Å²) in [5, 5.41) is 9.66. The van der Waals surface area contributed by atoms with Crippen molar-refractivity contribution in [2.24, 2.45) is 4.99 Å². The number of ether oxygens (including phenoxy) is 1. The maximum atomic E-state index is 9.66. The molecule has 25 heavy (non-hydrogen) atoms. The van der Waals surface area contributed by atoms with Crippen molar-refractivity contribution < 1.29 is 9.84 Å². The van der Waals surface area contributed by atoms with E-state index in [-0.39, 0.29) is 12.6 Å². The summed E-state index contributed by atoms with van der Waals surface area (Å²) < 4.78 is 5.19. The van der Waals surface area contributed by atoms with E-state index < -0.39 is 0 Å². The molecule has 2 aliphatic rings. The lowest BCUT2D eigenvalue weighted by atomic mass is 10.1. The lowest BCUT2D eigenvalue weighted by molar-refractivity contribution is 0.0823. The predicted molar refractivity (Wildman–Crippen MR) is 103 cm³/mol. The van der Waals surface area contributed by atoms with Crippen molar-refractivity contribution in [2.75, 3.05) is 33.4 Å². The van der Waals surface area contributed by atoms with Crippen LogP contribution in [0.25, 0.3) is 0 Å². The van der Waals surface area contributed by atoms with Gasteiger partial charge < -0.3 is 14.7 Å². The Kier molecular flexibility index (Phi) is 7.95. The second kappa shape index (κ2) is 10.2. The average molecular weight is 345 g/mol. The molecule has 3 rings (SSSR count). The van der Waals surface area contributed by atoms with Crippen molar-refractivity contribution in [3.63, 3.8) is 0 Å². The number of rotatable bonds is 5. The number of piperazine rings is 1. The highest BCUT2D eigenvalue weighted by atomic mass is 16.5. The normalized spacial score (nSPS) is 19.6. The van der Waals surface area contributed by atoms with Gasteiger partial charge in [0.05, 0.1) is 32.6 Å². The predicted octanol–water partition coefficient (Wildman–Crippen LogP) is 2.91. The molecule has 0 spiro atoms. The van der Waals surface area contributed by atoms with E-state index in [1.54, 1.807) is 7.11 Å². The first-order valence-electron chi connectivity index (χ1n) is 9.15. The minimum atomic E-state index is 0.133. The summed E-state index contributed by atoms with van der Waals surface area (Å²) in [6.45, 7) is 7.75. The Hall–Kier alpha value is -1.85. The number of hydrogen-bond donors (Lipinski definition) is 1. The molecule has 1 fully saturated rings. The highest BCUT2D eigenvalue weighted by molar-refractivity contribution is 5.60. The van der Waals surface area contributed by atoms with E-state index in [4.69, 9.17) is 4.74 Å². The number of fused-ring (bicyclic) bond motifs is 1. The number of benzene rings is 1. The number of hydrogen-bond acceptors (Lipinski definition) is 5. The summed E-state index contributed by atoms with van der Waals surface area (Å²) in [6, 6.07) is 8.25. The molecule has 0 unspecified atom stereocenters. The minimum Gasteiger partial charge on any atom is -0.497 e. The molecule has 0 amide bonds. The molecule has 0 radical (unpaired) electrons. The van der Waals surface area contributed by atoms with Crippen molar-refractivity contribution in [1.82, 2.24) is 9.80 Å². The average Bonchev–Trinajstić information content (AvgIpc) is 2.68. The van der Waals surface area contributed by atoms with E-state index in [0.717, 1.165) is 31.9 Å². The van der Waals surface area contributed by atoms with E-state index in [9.17, 15) is 5.11 Å². The molecule has 2 aliphatic heterocycles. The highest BCUT2D eigenvalue weighted by Crippen LogP contribution is 2.22. The third-order valence-corrected chi connectivity index (χ3v) is 4.57. The Labute approximate surface area is 151 Å². The van der Waals surface area contributed by atoms with Crippen LogP contribution in [-0.2, 0) is 6.54 Å². The number of nitrogens with zero attached hydrogens (tertiary/aromatic N) is 3. The van der Waals surface area contributed by atoms with E-state index in [1.165, 1.54) is 24.1 Å². The third-order valence-electron chi connectivity index (χ3n) is 4.57. The molecule has 5 heteroatoms. The lowest BCUT2D eigenvalue weighted by Gasteiger charge is -2.42. The molecular weight excluding hydrogens is 314 g/mol. The minimum absolute atomic E-state index is 0.133. The van der Waals surface area contributed by atoms with Crippen LogP contribution in [0, 0.1) is 0 Å². The van der Waals surface area contributed by atoms with Crippen LogP contribution in [0.15, 0.2) is 41.0 Å². The van der Waals surface area contributed by atoms with Crippen LogP contribution in [0.2, 0.25) is 0 Å². The van der Waals surface area contributed by atoms with E-state index in [1.807, 2.05) is 18.5 Å². The van der Waals surface area contributed by atoms with Crippen LogP contribution in [-0.4, -0.2) is 60.6 Å². The summed E-state index contributed by atoms with van der Waals surface area (Å²) in [4.78, 5) is 8.74. The van der Waals surface area contributed by atoms with Gasteiger partial charge >= 0.3 is 0 Å². The lowest BCUT2D eigenvalue weighted by Crippen LogP contribution is -2.53. The fourth-order valence-electron chi connectivity index (χ4n) is 2.82. The second-order valence-electron chi connectivity index (χ2n) is 6.42. The molecule has 1 aromatic carbocycles. The van der Waals surface area contributed by atoms with Gasteiger partial charge in [0.15, 0.2) is 0 Å². The Bertz CT molecular complexity index is 567. The largest absolute Gasteiger partial charge is 0.497 e. The number of aliphatic hydroxyl groups is 1. The maximum absolute atomic E-state index is 9.66. The van der Waals surface area contributed by atoms with Crippen molar-refractivity contribution >= 4 is 6.34 Å². The van der Waals surface area contributed by atoms with Crippen molar-refractivity contribution in [3.05, 3.63) is 41.6 Å². The van der Waals surface area contributed by atoms with Crippen LogP contribution in [0.4, 0.5) is 0 Å². The molecule has 0 aromatic heterocycles. The van der Waals surface area contributed by atoms with E-state index >= 15 is 0 Å². The van der Waals surface area contributed by atoms with Gasteiger partial charge in [0.2, 0.25) is 0 Å². The summed E-state index contributed by atoms with van der Waals surface area (Å²) in [6.07, 6.45) is 6.69. The third kappa shape index (κ3) is 5.58. The molecule has 1 aromatic rings. The second-order valence-corrected chi connectivity index (χ2v) is 6.42. The van der Waals surface area contributed by atoms with Crippen molar-refractivity contribution in [3.8, 4) is 5.75 Å². The first kappa shape index (κ1) is 19.5. The van der Waals surface area contributed by atoms with Crippen LogP contribution >= 0.6 is 0 Å². The van der Waals surface area contributed by atoms with Gasteiger partial charge in [0.25, 0.3) is 0 Å². The Balaban J connectivity index is 0.000000511. The van der Waals surface area contributed by atoms with Gasteiger partial charge in [0, 0.05) is 25.3 Å². The molecule has 138 valence electrons. The van der Waals surface area contributed by atoms with Gasteiger partial charge in [-0.3, -0.25) is 9.89 Å². The fraction of sp³-hybridized carbons (Fsp3) is 0.550. The monoisotopic (exact) mass is 345 g/mol. The zero-order chi connectivity index (χ0) is 18.1. The Morgan fingerprint density at radius 1 is 1.20 bits per heavy atom. The van der Waals surface area contributed by atoms with Gasteiger partial charge in [-0.1, -0.05) is 38.8 Å². The highest BCUT2D eigenvalue weighted by Gasteiger charge is 2.29. The zero-order valence-corrected chi connectivity index (χ0v) is 15.7. The molecule has 5 nitrogen and oxygen atoms in total. The smallest absolute Gasteiger partial charge is 0.118 e. The van der Waals surface area contributed by atoms with Gasteiger partial charge in [-0.05, 0) is 23.8 Å². The summed E-state index contributed by atoms with van der Waals surface area (Å²) in [7, 11) is 1.67. The van der Waals surface area contributed by atoms with E-state index in [0.29, 0.717) is 0 Å². The quantitative estimate of drug-likeness (QED) is 0.891.